The van der Waals surface area contributed by atoms with Gasteiger partial charge in [0.15, 0.2) is 5.75 Å². The molecule has 0 aliphatic rings. The molecule has 0 radical (unpaired) electrons. The van der Waals surface area contributed by atoms with Crippen LogP contribution in [0.3, 0.4) is 0 Å². The van der Waals surface area contributed by atoms with Gasteiger partial charge in [-0.3, -0.25) is 4.40 Å². The Morgan fingerprint density at radius 1 is 1.22 bits per heavy atom. The first kappa shape index (κ1) is 10.6. The molecule has 2 N–H and O–H groups in total. The SMILES string of the molecule is Nc1cc(F)ccc1Oc1cccc2nccn12. The van der Waals surface area contributed by atoms with Gasteiger partial charge in [-0.2, -0.15) is 0 Å². The van der Waals surface area contributed by atoms with E-state index in [-0.39, 0.29) is 11.5 Å². The lowest BCUT2D eigenvalue weighted by molar-refractivity contribution is 0.457. The number of fused-ring (bicyclic) bond motifs is 1. The molecule has 0 spiro atoms. The summed E-state index contributed by atoms with van der Waals surface area (Å²) in [7, 11) is 0. The average molecular weight is 243 g/mol. The lowest BCUT2D eigenvalue weighted by Gasteiger charge is -2.09. The van der Waals surface area contributed by atoms with Crippen molar-refractivity contribution in [3.63, 3.8) is 0 Å². The van der Waals surface area contributed by atoms with E-state index in [0.29, 0.717) is 11.6 Å². The summed E-state index contributed by atoms with van der Waals surface area (Å²) in [4.78, 5) is 4.15. The number of nitrogens with zero attached hydrogens (tertiary/aromatic N) is 2. The van der Waals surface area contributed by atoms with Crippen LogP contribution in [0.5, 0.6) is 11.6 Å². The number of anilines is 1. The molecule has 3 aromatic rings. The third kappa shape index (κ3) is 1.75. The molecule has 0 unspecified atom stereocenters. The molecule has 0 bridgehead atoms. The molecule has 0 saturated carbocycles. The van der Waals surface area contributed by atoms with Gasteiger partial charge in [0.05, 0.1) is 5.69 Å². The molecule has 5 heteroatoms. The lowest BCUT2D eigenvalue weighted by atomic mass is 10.3. The molecule has 4 nitrogen and oxygen atoms in total. The molecular weight excluding hydrogens is 233 g/mol. The minimum Gasteiger partial charge on any atom is -0.438 e. The Morgan fingerprint density at radius 3 is 2.94 bits per heavy atom. The monoisotopic (exact) mass is 243 g/mol. The van der Waals surface area contributed by atoms with Crippen LogP contribution in [0.4, 0.5) is 10.1 Å². The molecule has 0 amide bonds. The van der Waals surface area contributed by atoms with Crippen LogP contribution in [0, 0.1) is 5.82 Å². The van der Waals surface area contributed by atoms with Crippen LogP contribution in [-0.4, -0.2) is 9.38 Å². The summed E-state index contributed by atoms with van der Waals surface area (Å²) in [5.74, 6) is 0.599. The zero-order valence-corrected chi connectivity index (χ0v) is 9.38. The average Bonchev–Trinajstić information content (AvgIpc) is 2.82. The van der Waals surface area contributed by atoms with Crippen molar-refractivity contribution in [1.29, 1.82) is 0 Å². The number of rotatable bonds is 2. The number of aromatic nitrogens is 2. The first-order valence-corrected chi connectivity index (χ1v) is 5.39. The normalized spacial score (nSPS) is 10.7. The number of hydrogen-bond donors (Lipinski definition) is 1. The van der Waals surface area contributed by atoms with Crippen LogP contribution in [0.1, 0.15) is 0 Å². The molecule has 0 fully saturated rings. The van der Waals surface area contributed by atoms with Crippen LogP contribution in [-0.2, 0) is 0 Å². The second kappa shape index (κ2) is 4.03. The van der Waals surface area contributed by atoms with E-state index in [2.05, 4.69) is 4.98 Å². The van der Waals surface area contributed by atoms with Gasteiger partial charge < -0.3 is 10.5 Å². The fourth-order valence-corrected chi connectivity index (χ4v) is 1.73. The Balaban J connectivity index is 2.03. The van der Waals surface area contributed by atoms with E-state index in [4.69, 9.17) is 10.5 Å². The minimum atomic E-state index is -0.388. The highest BCUT2D eigenvalue weighted by Gasteiger charge is 2.06. The molecule has 0 atom stereocenters. The second-order valence-corrected chi connectivity index (χ2v) is 3.80. The first-order chi connectivity index (χ1) is 8.74. The Kier molecular flexibility index (Phi) is 2.37. The van der Waals surface area contributed by atoms with Crippen molar-refractivity contribution in [3.8, 4) is 11.6 Å². The van der Waals surface area contributed by atoms with Gasteiger partial charge >= 0.3 is 0 Å². The molecule has 18 heavy (non-hydrogen) atoms. The number of pyridine rings is 1. The van der Waals surface area contributed by atoms with Crippen LogP contribution < -0.4 is 10.5 Å². The molecule has 90 valence electrons. The summed E-state index contributed by atoms with van der Waals surface area (Å²) in [6, 6.07) is 9.51. The zero-order chi connectivity index (χ0) is 12.5. The van der Waals surface area contributed by atoms with Crippen molar-refractivity contribution in [3.05, 3.63) is 54.6 Å². The predicted molar refractivity (Wildman–Crippen MR) is 66.1 cm³/mol. The Labute approximate surface area is 102 Å². The molecule has 3 rings (SSSR count). The van der Waals surface area contributed by atoms with Crippen molar-refractivity contribution < 1.29 is 9.13 Å². The molecule has 0 aliphatic heterocycles. The molecule has 0 aliphatic carbocycles. The van der Waals surface area contributed by atoms with Crippen LogP contribution >= 0.6 is 0 Å². The van der Waals surface area contributed by atoms with Gasteiger partial charge in [0.2, 0.25) is 5.88 Å². The van der Waals surface area contributed by atoms with Gasteiger partial charge in [0.1, 0.15) is 11.5 Å². The number of nitrogens with two attached hydrogens (primary N) is 1. The minimum absolute atomic E-state index is 0.257. The van der Waals surface area contributed by atoms with Crippen molar-refractivity contribution in [2.45, 2.75) is 0 Å². The van der Waals surface area contributed by atoms with Crippen molar-refractivity contribution in [1.82, 2.24) is 9.38 Å². The van der Waals surface area contributed by atoms with E-state index in [1.54, 1.807) is 22.9 Å². The summed E-state index contributed by atoms with van der Waals surface area (Å²) in [6.45, 7) is 0. The molecule has 1 aromatic carbocycles. The zero-order valence-electron chi connectivity index (χ0n) is 9.38. The molecular formula is C13H10FN3O. The van der Waals surface area contributed by atoms with E-state index in [1.807, 2.05) is 12.1 Å². The Hall–Kier alpha value is -2.56. The van der Waals surface area contributed by atoms with E-state index >= 15 is 0 Å². The van der Waals surface area contributed by atoms with Gasteiger partial charge in [-0.05, 0) is 24.3 Å². The van der Waals surface area contributed by atoms with Gasteiger partial charge in [-0.15, -0.1) is 0 Å². The number of benzene rings is 1. The number of imidazole rings is 1. The van der Waals surface area contributed by atoms with Gasteiger partial charge in [0.25, 0.3) is 0 Å². The smallest absolute Gasteiger partial charge is 0.205 e. The van der Waals surface area contributed by atoms with Crippen molar-refractivity contribution >= 4 is 11.3 Å². The van der Waals surface area contributed by atoms with Crippen LogP contribution in [0.2, 0.25) is 0 Å². The highest BCUT2D eigenvalue weighted by molar-refractivity contribution is 5.54. The topological polar surface area (TPSA) is 52.5 Å². The third-order valence-corrected chi connectivity index (χ3v) is 2.58. The number of hydrogen-bond acceptors (Lipinski definition) is 3. The van der Waals surface area contributed by atoms with Crippen LogP contribution in [0.15, 0.2) is 48.8 Å². The van der Waals surface area contributed by atoms with Crippen molar-refractivity contribution in [2.75, 3.05) is 5.73 Å². The standard InChI is InChI=1S/C13H10FN3O/c14-9-4-5-11(10(15)8-9)18-13-3-1-2-12-16-6-7-17(12)13/h1-8H,15H2. The molecule has 0 saturated heterocycles. The summed E-state index contributed by atoms with van der Waals surface area (Å²) in [5.41, 5.74) is 6.73. The lowest BCUT2D eigenvalue weighted by Crippen LogP contribution is -1.96. The maximum absolute atomic E-state index is 12.9. The van der Waals surface area contributed by atoms with Crippen LogP contribution in [0.25, 0.3) is 5.65 Å². The van der Waals surface area contributed by atoms with Gasteiger partial charge in [-0.1, -0.05) is 6.07 Å². The third-order valence-electron chi connectivity index (χ3n) is 2.58. The number of halogens is 1. The Bertz CT molecular complexity index is 708. The summed E-state index contributed by atoms with van der Waals surface area (Å²) >= 11 is 0. The van der Waals surface area contributed by atoms with Gasteiger partial charge in [0, 0.05) is 18.5 Å². The predicted octanol–water partition coefficient (Wildman–Crippen LogP) is 2.85. The largest absolute Gasteiger partial charge is 0.438 e. The maximum atomic E-state index is 12.9. The second-order valence-electron chi connectivity index (χ2n) is 3.80. The highest BCUT2D eigenvalue weighted by Crippen LogP contribution is 2.28. The molecule has 2 aromatic heterocycles. The van der Waals surface area contributed by atoms with Crippen molar-refractivity contribution in [2.24, 2.45) is 0 Å². The molecule has 2 heterocycles. The Morgan fingerprint density at radius 2 is 2.11 bits per heavy atom. The fraction of sp³-hybridized carbons (Fsp3) is 0. The maximum Gasteiger partial charge on any atom is 0.205 e. The summed E-state index contributed by atoms with van der Waals surface area (Å²) in [6.07, 6.45) is 3.46. The van der Waals surface area contributed by atoms with E-state index in [9.17, 15) is 4.39 Å². The summed E-state index contributed by atoms with van der Waals surface area (Å²) < 4.78 is 20.4. The summed E-state index contributed by atoms with van der Waals surface area (Å²) in [5, 5.41) is 0. The highest BCUT2D eigenvalue weighted by atomic mass is 19.1. The fourth-order valence-electron chi connectivity index (χ4n) is 1.73. The quantitative estimate of drug-likeness (QED) is 0.704. The first-order valence-electron chi connectivity index (χ1n) is 5.39. The number of ether oxygens (including phenoxy) is 1. The van der Waals surface area contributed by atoms with E-state index in [0.717, 1.165) is 5.65 Å². The van der Waals surface area contributed by atoms with E-state index < -0.39 is 0 Å². The van der Waals surface area contributed by atoms with E-state index in [1.165, 1.54) is 18.2 Å². The number of nitrogen functional groups attached to an aromatic ring is 1. The van der Waals surface area contributed by atoms with Gasteiger partial charge in [-0.25, -0.2) is 9.37 Å².